The van der Waals surface area contributed by atoms with E-state index in [0.717, 1.165) is 53.1 Å². The maximum Gasteiger partial charge on any atom is 0.255 e. The maximum absolute atomic E-state index is 13.6. The fourth-order valence-corrected chi connectivity index (χ4v) is 4.55. The van der Waals surface area contributed by atoms with Gasteiger partial charge in [0.15, 0.2) is 0 Å². The Kier molecular flexibility index (Phi) is 6.13. The number of pyridine rings is 1. The van der Waals surface area contributed by atoms with Crippen molar-refractivity contribution >= 4 is 11.9 Å². The van der Waals surface area contributed by atoms with Crippen molar-refractivity contribution in [1.82, 2.24) is 29.6 Å². The van der Waals surface area contributed by atoms with Gasteiger partial charge in [-0.05, 0) is 49.1 Å². The van der Waals surface area contributed by atoms with Crippen molar-refractivity contribution in [3.05, 3.63) is 72.4 Å². The van der Waals surface area contributed by atoms with Crippen LogP contribution in [-0.4, -0.2) is 49.2 Å². The number of nitrogens with zero attached hydrogens (tertiary/aromatic N) is 6. The molecule has 4 aromatic rings. The summed E-state index contributed by atoms with van der Waals surface area (Å²) >= 11 is 0. The zero-order valence-electron chi connectivity index (χ0n) is 19.8. The Balaban J connectivity index is 1.48. The number of aryl methyl sites for hydroxylation is 1. The van der Waals surface area contributed by atoms with Crippen LogP contribution in [0.3, 0.4) is 0 Å². The molecular formula is C26H27N7O2. The lowest BCUT2D eigenvalue weighted by atomic mass is 9.93. The Hall–Kier alpha value is -4.27. The van der Waals surface area contributed by atoms with Crippen LogP contribution >= 0.6 is 0 Å². The number of likely N-dealkylation sites (tertiary alicyclic amines) is 1. The van der Waals surface area contributed by atoms with Crippen LogP contribution in [0, 0.1) is 0 Å². The Labute approximate surface area is 203 Å². The average molecular weight is 470 g/mol. The summed E-state index contributed by atoms with van der Waals surface area (Å²) in [6.07, 6.45) is 9.72. The highest BCUT2D eigenvalue weighted by atomic mass is 16.5. The van der Waals surface area contributed by atoms with Crippen LogP contribution < -0.4 is 10.5 Å². The van der Waals surface area contributed by atoms with Crippen molar-refractivity contribution in [2.45, 2.75) is 25.3 Å². The molecule has 4 heterocycles. The zero-order chi connectivity index (χ0) is 24.4. The molecule has 9 nitrogen and oxygen atoms in total. The van der Waals surface area contributed by atoms with Gasteiger partial charge in [-0.1, -0.05) is 12.1 Å². The third-order valence-corrected chi connectivity index (χ3v) is 6.31. The second kappa shape index (κ2) is 9.54. The minimum atomic E-state index is -0.222. The summed E-state index contributed by atoms with van der Waals surface area (Å²) in [7, 11) is 3.49. The highest BCUT2D eigenvalue weighted by Gasteiger charge is 2.32. The van der Waals surface area contributed by atoms with E-state index in [4.69, 9.17) is 10.5 Å². The molecule has 35 heavy (non-hydrogen) atoms. The smallest absolute Gasteiger partial charge is 0.255 e. The quantitative estimate of drug-likeness (QED) is 0.472. The van der Waals surface area contributed by atoms with Crippen molar-refractivity contribution in [3.63, 3.8) is 0 Å². The number of anilines is 1. The Morgan fingerprint density at radius 2 is 1.97 bits per heavy atom. The number of hydrogen-bond donors (Lipinski definition) is 1. The first kappa shape index (κ1) is 22.5. The number of nitrogen functional groups attached to an aromatic ring is 1. The number of rotatable bonds is 5. The standard InChI is InChI=1S/C26H27N7O2/c1-32-16-19(14-30-32)22-10-9-18(13-28-22)25(34)33-11-4-3-8-23(33)24-21(15-29-26(27)31-24)17-6-5-7-20(12-17)35-2/h5-7,9-10,12-16,23H,3-4,8,11H2,1-2H3,(H2,27,29,31)/t23-/m0/s1. The van der Waals surface area contributed by atoms with Crippen LogP contribution in [0.2, 0.25) is 0 Å². The minimum absolute atomic E-state index is 0.0753. The highest BCUT2D eigenvalue weighted by molar-refractivity contribution is 5.94. The van der Waals surface area contributed by atoms with Gasteiger partial charge in [-0.15, -0.1) is 0 Å². The van der Waals surface area contributed by atoms with Gasteiger partial charge in [-0.25, -0.2) is 9.97 Å². The number of ether oxygens (including phenoxy) is 1. The first-order valence-corrected chi connectivity index (χ1v) is 11.6. The van der Waals surface area contributed by atoms with Gasteiger partial charge in [0.2, 0.25) is 5.95 Å². The van der Waals surface area contributed by atoms with Crippen molar-refractivity contribution in [2.75, 3.05) is 19.4 Å². The van der Waals surface area contributed by atoms with Crippen LogP contribution in [0.1, 0.15) is 41.4 Å². The number of aromatic nitrogens is 5. The topological polar surface area (TPSA) is 112 Å². The fraction of sp³-hybridized carbons (Fsp3) is 0.269. The molecule has 2 N–H and O–H groups in total. The summed E-state index contributed by atoms with van der Waals surface area (Å²) in [6.45, 7) is 0.634. The first-order chi connectivity index (χ1) is 17.0. The van der Waals surface area contributed by atoms with Crippen LogP contribution in [0.5, 0.6) is 5.75 Å². The average Bonchev–Trinajstić information content (AvgIpc) is 3.34. The summed E-state index contributed by atoms with van der Waals surface area (Å²) in [4.78, 5) is 28.9. The van der Waals surface area contributed by atoms with Gasteiger partial charge in [-0.3, -0.25) is 14.5 Å². The number of nitrogens with two attached hydrogens (primary N) is 1. The predicted octanol–water partition coefficient (Wildman–Crippen LogP) is 3.90. The molecule has 9 heteroatoms. The van der Waals surface area contributed by atoms with E-state index in [-0.39, 0.29) is 17.9 Å². The summed E-state index contributed by atoms with van der Waals surface area (Å²) in [5, 5.41) is 4.19. The lowest BCUT2D eigenvalue weighted by molar-refractivity contribution is 0.0606. The lowest BCUT2D eigenvalue weighted by Crippen LogP contribution is -2.39. The van der Waals surface area contributed by atoms with E-state index in [1.54, 1.807) is 30.4 Å². The molecule has 178 valence electrons. The van der Waals surface area contributed by atoms with Gasteiger partial charge in [0.1, 0.15) is 5.75 Å². The van der Waals surface area contributed by atoms with Gasteiger partial charge < -0.3 is 15.4 Å². The largest absolute Gasteiger partial charge is 0.497 e. The van der Waals surface area contributed by atoms with Crippen LogP contribution in [-0.2, 0) is 7.05 Å². The highest BCUT2D eigenvalue weighted by Crippen LogP contribution is 2.37. The Morgan fingerprint density at radius 3 is 2.71 bits per heavy atom. The van der Waals surface area contributed by atoms with Crippen LogP contribution in [0.4, 0.5) is 5.95 Å². The molecule has 0 aliphatic carbocycles. The van der Waals surface area contributed by atoms with Crippen LogP contribution in [0.25, 0.3) is 22.4 Å². The first-order valence-electron chi connectivity index (χ1n) is 11.6. The zero-order valence-corrected chi connectivity index (χ0v) is 19.8. The van der Waals surface area contributed by atoms with E-state index >= 15 is 0 Å². The van der Waals surface area contributed by atoms with E-state index < -0.39 is 0 Å². The number of methoxy groups -OCH3 is 1. The van der Waals surface area contributed by atoms with Crippen molar-refractivity contribution in [2.24, 2.45) is 7.05 Å². The molecule has 1 atom stereocenters. The molecule has 1 aliphatic heterocycles. The number of piperidine rings is 1. The van der Waals surface area contributed by atoms with Gasteiger partial charge in [-0.2, -0.15) is 5.10 Å². The number of carbonyl (C=O) groups is 1. The predicted molar refractivity (Wildman–Crippen MR) is 132 cm³/mol. The van der Waals surface area contributed by atoms with Crippen LogP contribution in [0.15, 0.2) is 61.2 Å². The van der Waals surface area contributed by atoms with Crippen molar-refractivity contribution < 1.29 is 9.53 Å². The second-order valence-electron chi connectivity index (χ2n) is 8.60. The maximum atomic E-state index is 13.6. The molecule has 5 rings (SSSR count). The molecule has 1 aliphatic rings. The van der Waals surface area contributed by atoms with Gasteiger partial charge in [0, 0.05) is 43.3 Å². The Morgan fingerprint density at radius 1 is 1.09 bits per heavy atom. The molecule has 3 aromatic heterocycles. The third-order valence-electron chi connectivity index (χ3n) is 6.31. The van der Waals surface area contributed by atoms with E-state index in [1.165, 1.54) is 0 Å². The lowest BCUT2D eigenvalue weighted by Gasteiger charge is -2.36. The summed E-state index contributed by atoms with van der Waals surface area (Å²) in [6, 6.07) is 11.2. The molecule has 0 unspecified atom stereocenters. The number of amides is 1. The van der Waals surface area contributed by atoms with E-state index in [0.29, 0.717) is 12.1 Å². The summed E-state index contributed by atoms with van der Waals surface area (Å²) in [5.74, 6) is 0.849. The molecule has 0 spiro atoms. The number of carbonyl (C=O) groups excluding carboxylic acids is 1. The SMILES string of the molecule is COc1cccc(-c2cnc(N)nc2[C@@H]2CCCCN2C(=O)c2ccc(-c3cnn(C)c3)nc2)c1. The monoisotopic (exact) mass is 469 g/mol. The number of benzene rings is 1. The molecule has 1 aromatic carbocycles. The molecule has 1 amide bonds. The summed E-state index contributed by atoms with van der Waals surface area (Å²) in [5.41, 5.74) is 10.7. The molecule has 0 bridgehead atoms. The van der Waals surface area contributed by atoms with Crippen molar-refractivity contribution in [3.8, 4) is 28.1 Å². The Bertz CT molecular complexity index is 1350. The second-order valence-corrected chi connectivity index (χ2v) is 8.60. The van der Waals surface area contributed by atoms with Gasteiger partial charge in [0.05, 0.1) is 36.3 Å². The van der Waals surface area contributed by atoms with Crippen molar-refractivity contribution in [1.29, 1.82) is 0 Å². The minimum Gasteiger partial charge on any atom is -0.497 e. The third kappa shape index (κ3) is 4.57. The molecular weight excluding hydrogens is 442 g/mol. The van der Waals surface area contributed by atoms with E-state index in [2.05, 4.69) is 20.1 Å². The molecule has 0 radical (unpaired) electrons. The summed E-state index contributed by atoms with van der Waals surface area (Å²) < 4.78 is 7.13. The van der Waals surface area contributed by atoms with Gasteiger partial charge in [0.25, 0.3) is 5.91 Å². The van der Waals surface area contributed by atoms with E-state index in [1.807, 2.05) is 54.5 Å². The fourth-order valence-electron chi connectivity index (χ4n) is 4.55. The molecule has 0 saturated carbocycles. The molecule has 1 saturated heterocycles. The van der Waals surface area contributed by atoms with Gasteiger partial charge >= 0.3 is 0 Å². The normalized spacial score (nSPS) is 15.7. The number of hydrogen-bond acceptors (Lipinski definition) is 7. The molecule has 1 fully saturated rings. The van der Waals surface area contributed by atoms with E-state index in [9.17, 15) is 4.79 Å².